The lowest BCUT2D eigenvalue weighted by atomic mass is 10.2. The number of halogens is 1. The smallest absolute Gasteiger partial charge is 0.0965 e. The lowest BCUT2D eigenvalue weighted by Crippen LogP contribution is -2.21. The molecule has 0 radical (unpaired) electrons. The highest BCUT2D eigenvalue weighted by Gasteiger charge is 2.02. The molecule has 18 heavy (non-hydrogen) atoms. The number of benzene rings is 1. The summed E-state index contributed by atoms with van der Waals surface area (Å²) in [6.07, 6.45) is 1.98. The molecule has 0 atom stereocenters. The van der Waals surface area contributed by atoms with Gasteiger partial charge in [0.05, 0.1) is 18.4 Å². The van der Waals surface area contributed by atoms with Crippen LogP contribution in [0.4, 0.5) is 0 Å². The van der Waals surface area contributed by atoms with Gasteiger partial charge in [0.15, 0.2) is 0 Å². The minimum absolute atomic E-state index is 0.460. The predicted molar refractivity (Wildman–Crippen MR) is 75.2 cm³/mol. The monoisotopic (exact) mass is 308 g/mol. The summed E-state index contributed by atoms with van der Waals surface area (Å²) in [6.45, 7) is 5.75. The second-order valence-electron chi connectivity index (χ2n) is 4.57. The molecular weight excluding hydrogens is 292 g/mol. The molecule has 0 saturated heterocycles. The maximum absolute atomic E-state index is 4.14. The van der Waals surface area contributed by atoms with Gasteiger partial charge in [-0.05, 0) is 17.7 Å². The van der Waals surface area contributed by atoms with Crippen LogP contribution in [0.1, 0.15) is 25.1 Å². The Morgan fingerprint density at radius 1 is 1.28 bits per heavy atom. The van der Waals surface area contributed by atoms with Crippen LogP contribution in [0, 0.1) is 0 Å². The number of hydrogen-bond donors (Lipinski definition) is 1. The Labute approximate surface area is 116 Å². The number of rotatable bonds is 5. The molecule has 5 heteroatoms. The average molecular weight is 309 g/mol. The van der Waals surface area contributed by atoms with Gasteiger partial charge >= 0.3 is 0 Å². The summed E-state index contributed by atoms with van der Waals surface area (Å²) in [7, 11) is 0. The van der Waals surface area contributed by atoms with Crippen LogP contribution < -0.4 is 5.32 Å². The highest BCUT2D eigenvalue weighted by Crippen LogP contribution is 2.11. The molecule has 0 aliphatic heterocycles. The molecule has 1 aromatic carbocycles. The van der Waals surface area contributed by atoms with Gasteiger partial charge in [0, 0.05) is 17.1 Å². The molecule has 0 unspecified atom stereocenters. The fourth-order valence-corrected chi connectivity index (χ4v) is 1.85. The zero-order valence-electron chi connectivity index (χ0n) is 10.6. The second-order valence-corrected chi connectivity index (χ2v) is 5.49. The fraction of sp³-hybridized carbons (Fsp3) is 0.385. The first-order valence-electron chi connectivity index (χ1n) is 6.00. The Bertz CT molecular complexity index is 490. The van der Waals surface area contributed by atoms with Crippen LogP contribution in [-0.4, -0.2) is 21.0 Å². The van der Waals surface area contributed by atoms with Crippen LogP contribution in [0.15, 0.2) is 34.9 Å². The summed E-state index contributed by atoms with van der Waals surface area (Å²) in [5, 5.41) is 11.6. The molecular formula is C13H17BrN4. The van der Waals surface area contributed by atoms with E-state index in [0.29, 0.717) is 6.04 Å². The molecule has 1 aromatic heterocycles. The Kier molecular flexibility index (Phi) is 4.49. The van der Waals surface area contributed by atoms with E-state index in [2.05, 4.69) is 57.5 Å². The van der Waals surface area contributed by atoms with E-state index < -0.39 is 0 Å². The van der Waals surface area contributed by atoms with Crippen molar-refractivity contribution in [2.75, 3.05) is 0 Å². The molecule has 0 spiro atoms. The van der Waals surface area contributed by atoms with Gasteiger partial charge < -0.3 is 5.32 Å². The Morgan fingerprint density at radius 2 is 2.00 bits per heavy atom. The number of hydrogen-bond acceptors (Lipinski definition) is 3. The van der Waals surface area contributed by atoms with E-state index in [9.17, 15) is 0 Å². The lowest BCUT2D eigenvalue weighted by molar-refractivity contribution is 0.580. The van der Waals surface area contributed by atoms with Gasteiger partial charge in [0.25, 0.3) is 0 Å². The van der Waals surface area contributed by atoms with E-state index in [0.717, 1.165) is 23.3 Å². The predicted octanol–water partition coefficient (Wildman–Crippen LogP) is 2.59. The van der Waals surface area contributed by atoms with Crippen LogP contribution in [-0.2, 0) is 13.1 Å². The maximum Gasteiger partial charge on any atom is 0.0965 e. The zero-order valence-corrected chi connectivity index (χ0v) is 12.2. The van der Waals surface area contributed by atoms with Crippen molar-refractivity contribution in [1.29, 1.82) is 0 Å². The first-order valence-corrected chi connectivity index (χ1v) is 6.79. The number of aromatic nitrogens is 3. The first kappa shape index (κ1) is 13.2. The quantitative estimate of drug-likeness (QED) is 0.923. The minimum Gasteiger partial charge on any atom is -0.309 e. The van der Waals surface area contributed by atoms with Crippen molar-refractivity contribution >= 4 is 15.9 Å². The van der Waals surface area contributed by atoms with Crippen LogP contribution in [0.25, 0.3) is 0 Å². The third kappa shape index (κ3) is 3.92. The van der Waals surface area contributed by atoms with Crippen LogP contribution in [0.3, 0.4) is 0 Å². The average Bonchev–Trinajstić information content (AvgIpc) is 2.77. The van der Waals surface area contributed by atoms with Crippen molar-refractivity contribution in [1.82, 2.24) is 20.3 Å². The van der Waals surface area contributed by atoms with E-state index in [4.69, 9.17) is 0 Å². The van der Waals surface area contributed by atoms with Crippen molar-refractivity contribution in [3.8, 4) is 0 Å². The summed E-state index contributed by atoms with van der Waals surface area (Å²) in [5.74, 6) is 0. The molecule has 0 amide bonds. The second kappa shape index (κ2) is 6.11. The Morgan fingerprint density at radius 3 is 2.67 bits per heavy atom. The summed E-state index contributed by atoms with van der Waals surface area (Å²) in [4.78, 5) is 0. The van der Waals surface area contributed by atoms with E-state index in [1.165, 1.54) is 5.56 Å². The minimum atomic E-state index is 0.460. The SMILES string of the molecule is CC(C)NCc1cn(Cc2ccc(Br)cc2)nn1. The molecule has 2 rings (SSSR count). The highest BCUT2D eigenvalue weighted by molar-refractivity contribution is 9.10. The van der Waals surface area contributed by atoms with Crippen LogP contribution in [0.5, 0.6) is 0 Å². The van der Waals surface area contributed by atoms with Gasteiger partial charge in [-0.2, -0.15) is 0 Å². The number of nitrogens with zero attached hydrogens (tertiary/aromatic N) is 3. The van der Waals surface area contributed by atoms with Crippen molar-refractivity contribution in [3.63, 3.8) is 0 Å². The highest BCUT2D eigenvalue weighted by atomic mass is 79.9. The summed E-state index contributed by atoms with van der Waals surface area (Å²) < 4.78 is 2.95. The molecule has 0 aliphatic rings. The lowest BCUT2D eigenvalue weighted by Gasteiger charge is -2.04. The van der Waals surface area contributed by atoms with Crippen molar-refractivity contribution in [2.45, 2.75) is 33.0 Å². The third-order valence-corrected chi connectivity index (χ3v) is 3.06. The molecule has 1 heterocycles. The summed E-state index contributed by atoms with van der Waals surface area (Å²) >= 11 is 3.43. The van der Waals surface area contributed by atoms with Crippen molar-refractivity contribution in [3.05, 3.63) is 46.2 Å². The molecule has 0 fully saturated rings. The van der Waals surface area contributed by atoms with Gasteiger partial charge in [-0.3, -0.25) is 0 Å². The van der Waals surface area contributed by atoms with Crippen molar-refractivity contribution < 1.29 is 0 Å². The largest absolute Gasteiger partial charge is 0.309 e. The topological polar surface area (TPSA) is 42.7 Å². The number of nitrogens with one attached hydrogen (secondary N) is 1. The maximum atomic E-state index is 4.14. The van der Waals surface area contributed by atoms with E-state index >= 15 is 0 Å². The molecule has 0 aliphatic carbocycles. The van der Waals surface area contributed by atoms with Crippen LogP contribution >= 0.6 is 15.9 Å². The van der Waals surface area contributed by atoms with Gasteiger partial charge in [-0.25, -0.2) is 4.68 Å². The molecule has 0 bridgehead atoms. The molecule has 1 N–H and O–H groups in total. The van der Waals surface area contributed by atoms with Gasteiger partial charge in [0.1, 0.15) is 0 Å². The third-order valence-electron chi connectivity index (χ3n) is 2.54. The Balaban J connectivity index is 1.95. The van der Waals surface area contributed by atoms with E-state index in [-0.39, 0.29) is 0 Å². The van der Waals surface area contributed by atoms with E-state index in [1.807, 2.05) is 23.0 Å². The molecule has 96 valence electrons. The van der Waals surface area contributed by atoms with Crippen molar-refractivity contribution in [2.24, 2.45) is 0 Å². The van der Waals surface area contributed by atoms with Crippen LogP contribution in [0.2, 0.25) is 0 Å². The Hall–Kier alpha value is -1.20. The summed E-state index contributed by atoms with van der Waals surface area (Å²) in [5.41, 5.74) is 2.19. The van der Waals surface area contributed by atoms with Gasteiger partial charge in [-0.1, -0.05) is 47.1 Å². The zero-order chi connectivity index (χ0) is 13.0. The van der Waals surface area contributed by atoms with Gasteiger partial charge in [-0.15, -0.1) is 5.10 Å². The molecule has 0 saturated carbocycles. The first-order chi connectivity index (χ1) is 8.63. The molecule has 2 aromatic rings. The molecule has 4 nitrogen and oxygen atoms in total. The standard InChI is InChI=1S/C13H17BrN4/c1-10(2)15-7-13-9-18(17-16-13)8-11-3-5-12(14)6-4-11/h3-6,9-10,15H,7-8H2,1-2H3. The van der Waals surface area contributed by atoms with E-state index in [1.54, 1.807) is 0 Å². The van der Waals surface area contributed by atoms with Gasteiger partial charge in [0.2, 0.25) is 0 Å². The summed E-state index contributed by atoms with van der Waals surface area (Å²) in [6, 6.07) is 8.69. The normalized spacial score (nSPS) is 11.1. The fourth-order valence-electron chi connectivity index (χ4n) is 1.58.